The Hall–Kier alpha value is -2.64. The highest BCUT2D eigenvalue weighted by Crippen LogP contribution is 2.23. The van der Waals surface area contributed by atoms with Crippen LogP contribution in [0.4, 0.5) is 0 Å². The number of aliphatic hydroxyl groups is 5. The largest absolute Gasteiger partial charge is 0.466 e. The number of carbonyl (C=O) groups excluding carboxylic acids is 2. The van der Waals surface area contributed by atoms with Crippen LogP contribution in [0.5, 0.6) is 0 Å². The summed E-state index contributed by atoms with van der Waals surface area (Å²) >= 11 is 0. The van der Waals surface area contributed by atoms with Crippen LogP contribution in [0.15, 0.2) is 60.8 Å². The maximum Gasteiger partial charge on any atom is 0.305 e. The van der Waals surface area contributed by atoms with E-state index < -0.39 is 49.5 Å². The van der Waals surface area contributed by atoms with Crippen molar-refractivity contribution in [2.24, 2.45) is 0 Å². The van der Waals surface area contributed by atoms with Crippen LogP contribution in [0.1, 0.15) is 245 Å². The number of hydrogen-bond acceptors (Lipinski definition) is 10. The van der Waals surface area contributed by atoms with Crippen LogP contribution in [-0.4, -0.2) is 100 Å². The van der Waals surface area contributed by atoms with Crippen molar-refractivity contribution in [2.45, 2.75) is 288 Å². The Morgan fingerprint density at radius 1 is 0.535 bits per heavy atom. The highest BCUT2D eigenvalue weighted by molar-refractivity contribution is 5.76. The van der Waals surface area contributed by atoms with Gasteiger partial charge in [0.25, 0.3) is 0 Å². The lowest BCUT2D eigenvalue weighted by atomic mass is 9.99. The zero-order chi connectivity index (χ0) is 51.7. The first-order chi connectivity index (χ1) is 34.7. The Morgan fingerprint density at radius 2 is 0.986 bits per heavy atom. The van der Waals surface area contributed by atoms with E-state index in [9.17, 15) is 35.1 Å². The molecule has 11 heteroatoms. The third kappa shape index (κ3) is 39.5. The maximum absolute atomic E-state index is 13.0. The van der Waals surface area contributed by atoms with Gasteiger partial charge in [0.05, 0.1) is 32.0 Å². The number of aliphatic hydroxyl groups excluding tert-OH is 5. The average molecular weight is 1000 g/mol. The van der Waals surface area contributed by atoms with E-state index in [4.69, 9.17) is 14.2 Å². The van der Waals surface area contributed by atoms with Gasteiger partial charge in [-0.1, -0.05) is 197 Å². The molecule has 0 bridgehead atoms. The third-order valence-corrected chi connectivity index (χ3v) is 13.4. The van der Waals surface area contributed by atoms with Crippen LogP contribution < -0.4 is 5.32 Å². The molecule has 7 atom stereocenters. The molecule has 0 aromatic carbocycles. The molecule has 0 saturated carbocycles. The first-order valence-electron chi connectivity index (χ1n) is 29.1. The van der Waals surface area contributed by atoms with Gasteiger partial charge in [0.1, 0.15) is 24.4 Å². The number of rotatable bonds is 49. The highest BCUT2D eigenvalue weighted by atomic mass is 16.7. The number of esters is 1. The number of nitrogens with one attached hydrogen (secondary N) is 1. The van der Waals surface area contributed by atoms with E-state index in [-0.39, 0.29) is 18.5 Å². The van der Waals surface area contributed by atoms with E-state index in [1.54, 1.807) is 6.08 Å². The molecule has 1 aliphatic rings. The fourth-order valence-corrected chi connectivity index (χ4v) is 8.69. The normalized spacial score (nSPS) is 19.6. The number of amides is 1. The molecule has 6 N–H and O–H groups in total. The zero-order valence-electron chi connectivity index (χ0n) is 45.2. The van der Waals surface area contributed by atoms with Crippen LogP contribution in [0.2, 0.25) is 0 Å². The Balaban J connectivity index is 2.07. The number of allylic oxidation sites excluding steroid dienone is 9. The van der Waals surface area contributed by atoms with Gasteiger partial charge in [-0.05, 0) is 96.3 Å². The summed E-state index contributed by atoms with van der Waals surface area (Å²) in [6, 6.07) is -0.818. The van der Waals surface area contributed by atoms with Crippen LogP contribution in [0.3, 0.4) is 0 Å². The molecule has 1 rings (SSSR count). The van der Waals surface area contributed by atoms with Gasteiger partial charge in [0.15, 0.2) is 6.29 Å². The van der Waals surface area contributed by atoms with E-state index in [2.05, 4.69) is 67.8 Å². The molecular formula is C60H107NO10. The third-order valence-electron chi connectivity index (χ3n) is 13.4. The van der Waals surface area contributed by atoms with Gasteiger partial charge < -0.3 is 45.1 Å². The Kier molecular flexibility index (Phi) is 46.3. The van der Waals surface area contributed by atoms with Crippen molar-refractivity contribution in [1.82, 2.24) is 5.32 Å². The first-order valence-corrected chi connectivity index (χ1v) is 29.1. The predicted molar refractivity (Wildman–Crippen MR) is 292 cm³/mol. The summed E-state index contributed by atoms with van der Waals surface area (Å²) in [6.07, 6.45) is 53.2. The van der Waals surface area contributed by atoms with Gasteiger partial charge in [-0.15, -0.1) is 0 Å². The molecule has 1 aliphatic heterocycles. The topological polar surface area (TPSA) is 175 Å². The summed E-state index contributed by atoms with van der Waals surface area (Å²) in [6.45, 7) is 4.22. The number of ether oxygens (including phenoxy) is 3. The molecule has 11 nitrogen and oxygen atoms in total. The number of unbranched alkanes of at least 4 members (excludes halogenated alkanes) is 28. The summed E-state index contributed by atoms with van der Waals surface area (Å²) in [5, 5.41) is 54.2. The van der Waals surface area contributed by atoms with Crippen LogP contribution in [-0.2, 0) is 23.8 Å². The minimum atomic E-state index is -1.58. The fraction of sp³-hybridized carbons (Fsp3) is 0.800. The molecule has 71 heavy (non-hydrogen) atoms. The molecule has 0 aromatic heterocycles. The molecule has 1 heterocycles. The van der Waals surface area contributed by atoms with Gasteiger partial charge in [-0.25, -0.2) is 0 Å². The van der Waals surface area contributed by atoms with Crippen molar-refractivity contribution in [1.29, 1.82) is 0 Å². The predicted octanol–water partition coefficient (Wildman–Crippen LogP) is 13.1. The Labute approximate surface area is 433 Å². The Morgan fingerprint density at radius 3 is 1.54 bits per heavy atom. The second kappa shape index (κ2) is 49.6. The molecular weight excluding hydrogens is 895 g/mol. The lowest BCUT2D eigenvalue weighted by Gasteiger charge is -2.40. The van der Waals surface area contributed by atoms with Gasteiger partial charge in [0.2, 0.25) is 5.91 Å². The molecule has 412 valence electrons. The molecule has 0 radical (unpaired) electrons. The maximum atomic E-state index is 13.0. The van der Waals surface area contributed by atoms with E-state index in [0.29, 0.717) is 19.4 Å². The van der Waals surface area contributed by atoms with Crippen molar-refractivity contribution in [3.8, 4) is 0 Å². The van der Waals surface area contributed by atoms with Crippen molar-refractivity contribution in [3.05, 3.63) is 60.8 Å². The van der Waals surface area contributed by atoms with Crippen LogP contribution in [0.25, 0.3) is 0 Å². The fourth-order valence-electron chi connectivity index (χ4n) is 8.69. The van der Waals surface area contributed by atoms with E-state index in [1.807, 2.05) is 6.08 Å². The summed E-state index contributed by atoms with van der Waals surface area (Å²) in [5.41, 5.74) is 0. The molecule has 7 unspecified atom stereocenters. The standard InChI is InChI=1S/C60H107NO10/c1-3-5-7-9-11-13-14-15-21-25-28-32-36-40-44-48-56(65)69-49-45-41-37-33-29-26-23-20-18-16-17-19-22-24-27-31-35-39-43-47-55(64)61-52(53(63)46-42-38-34-30-12-10-8-6-4-2)51-70-60-59(68)58(67)57(66)54(50-62)71-60/h11,13,15,20-21,23,26,29,42,46,52-54,57-60,62-63,66-68H,3-10,12,14,16-19,22,24-25,27-28,30-41,43-45,47-51H2,1-2H3,(H,61,64)/b13-11-,21-15-,23-20-,29-26-,46-42+. The second-order valence-corrected chi connectivity index (χ2v) is 20.0. The number of hydrogen-bond donors (Lipinski definition) is 6. The highest BCUT2D eigenvalue weighted by Gasteiger charge is 2.44. The molecule has 0 spiro atoms. The van der Waals surface area contributed by atoms with Gasteiger partial charge >= 0.3 is 5.97 Å². The molecule has 1 amide bonds. The van der Waals surface area contributed by atoms with Gasteiger partial charge in [-0.2, -0.15) is 0 Å². The minimum absolute atomic E-state index is 0.0432. The summed E-state index contributed by atoms with van der Waals surface area (Å²) in [4.78, 5) is 25.0. The summed E-state index contributed by atoms with van der Waals surface area (Å²) < 4.78 is 16.6. The summed E-state index contributed by atoms with van der Waals surface area (Å²) in [5.74, 6) is -0.239. The second-order valence-electron chi connectivity index (χ2n) is 20.0. The number of carbonyl (C=O) groups is 2. The van der Waals surface area contributed by atoms with Crippen molar-refractivity contribution in [3.63, 3.8) is 0 Å². The van der Waals surface area contributed by atoms with E-state index >= 15 is 0 Å². The lowest BCUT2D eigenvalue weighted by Crippen LogP contribution is -2.60. The first kappa shape index (κ1) is 66.4. The molecule has 1 saturated heterocycles. The van der Waals surface area contributed by atoms with Gasteiger partial charge in [-0.3, -0.25) is 9.59 Å². The summed E-state index contributed by atoms with van der Waals surface area (Å²) in [7, 11) is 0. The Bertz CT molecular complexity index is 1360. The molecule has 1 fully saturated rings. The monoisotopic (exact) mass is 1000 g/mol. The smallest absolute Gasteiger partial charge is 0.305 e. The van der Waals surface area contributed by atoms with Crippen molar-refractivity contribution in [2.75, 3.05) is 19.8 Å². The quantitative estimate of drug-likeness (QED) is 0.0149. The average Bonchev–Trinajstić information content (AvgIpc) is 3.37. The van der Waals surface area contributed by atoms with E-state index in [0.717, 1.165) is 103 Å². The van der Waals surface area contributed by atoms with Crippen molar-refractivity contribution >= 4 is 11.9 Å². The zero-order valence-corrected chi connectivity index (χ0v) is 45.2. The lowest BCUT2D eigenvalue weighted by molar-refractivity contribution is -0.302. The molecule has 0 aliphatic carbocycles. The van der Waals surface area contributed by atoms with Crippen molar-refractivity contribution < 1.29 is 49.3 Å². The van der Waals surface area contributed by atoms with Gasteiger partial charge in [0, 0.05) is 12.8 Å². The van der Waals surface area contributed by atoms with E-state index in [1.165, 1.54) is 116 Å². The van der Waals surface area contributed by atoms with Crippen LogP contribution in [0, 0.1) is 0 Å². The minimum Gasteiger partial charge on any atom is -0.466 e. The SMILES string of the molecule is CCCCC/C=C\C/C=C\CCCCCCCC(=O)OCCCCC/C=C\C=C/CCCCCCCCCCCCC(=O)NC(COC1OC(CO)C(O)C(O)C1O)C(O)/C=C/CCCCCCCCC. The molecule has 0 aromatic rings. The van der Waals surface area contributed by atoms with Crippen LogP contribution >= 0.6 is 0 Å².